The lowest BCUT2D eigenvalue weighted by molar-refractivity contribution is 0.0398. The average molecular weight is 1330 g/mol. The van der Waals surface area contributed by atoms with Gasteiger partial charge in [-0.25, -0.2) is 15.0 Å². The number of pyridine rings is 3. The number of ether oxygens (including phenoxy) is 1. The fraction of sp³-hybridized carbons (Fsp3) is 0.417. The molecule has 6 aromatic heterocycles. The van der Waals surface area contributed by atoms with Crippen molar-refractivity contribution in [3.8, 4) is 17.1 Å². The lowest BCUT2D eigenvalue weighted by Crippen LogP contribution is -2.44. The molecule has 15 rings (SSSR count). The normalized spacial score (nSPS) is 16.4. The molecule has 6 aliphatic rings. The third-order valence-electron chi connectivity index (χ3n) is 19.6. The number of aryl methyl sites for hydroxylation is 6. The van der Waals surface area contributed by atoms with Crippen molar-refractivity contribution < 1.29 is 19.1 Å². The van der Waals surface area contributed by atoms with Gasteiger partial charge in [0.05, 0.1) is 29.4 Å². The van der Waals surface area contributed by atoms with E-state index in [0.717, 1.165) is 180 Å². The topological polar surface area (TPSA) is 331 Å². The van der Waals surface area contributed by atoms with Crippen molar-refractivity contribution in [1.82, 2.24) is 63.2 Å². The summed E-state index contributed by atoms with van der Waals surface area (Å²) in [7, 11) is 2.16. The average Bonchev–Trinajstić information content (AvgIpc) is 0.894. The summed E-state index contributed by atoms with van der Waals surface area (Å²) >= 11 is 0. The summed E-state index contributed by atoms with van der Waals surface area (Å²) in [4.78, 5) is 111. The van der Waals surface area contributed by atoms with Crippen LogP contribution in [0.2, 0.25) is 0 Å². The Morgan fingerprint density at radius 1 is 0.429 bits per heavy atom. The minimum absolute atomic E-state index is 0.0626. The van der Waals surface area contributed by atoms with Crippen LogP contribution in [-0.2, 0) is 43.3 Å². The van der Waals surface area contributed by atoms with Crippen LogP contribution in [-0.4, -0.2) is 193 Å². The molecule has 3 aliphatic carbocycles. The molecule has 98 heavy (non-hydrogen) atoms. The summed E-state index contributed by atoms with van der Waals surface area (Å²) < 4.78 is 10.7. The number of nitrogens with one attached hydrogen (secondary N) is 3. The Balaban J connectivity index is 0.000000132. The summed E-state index contributed by atoms with van der Waals surface area (Å²) in [5.41, 5.74) is 26.8. The van der Waals surface area contributed by atoms with Crippen LogP contribution in [0.25, 0.3) is 50.2 Å². The van der Waals surface area contributed by atoms with E-state index in [1.54, 1.807) is 13.7 Å². The Labute approximate surface area is 566 Å². The van der Waals surface area contributed by atoms with Gasteiger partial charge in [-0.15, -0.1) is 0 Å². The zero-order valence-corrected chi connectivity index (χ0v) is 55.6. The maximum atomic E-state index is 12.9. The number of amides is 3. The van der Waals surface area contributed by atoms with Gasteiger partial charge in [0, 0.05) is 126 Å². The predicted molar refractivity (Wildman–Crippen MR) is 379 cm³/mol. The Morgan fingerprint density at radius 3 is 1.17 bits per heavy atom. The van der Waals surface area contributed by atoms with Crippen LogP contribution in [0.4, 0.5) is 17.8 Å². The quantitative estimate of drug-likeness (QED) is 0.0592. The van der Waals surface area contributed by atoms with E-state index in [-0.39, 0.29) is 32.8 Å². The van der Waals surface area contributed by atoms with Gasteiger partial charge < -0.3 is 66.3 Å². The first-order valence-corrected chi connectivity index (χ1v) is 34.4. The molecular formula is C72H85N19O7. The van der Waals surface area contributed by atoms with Gasteiger partial charge in [0.15, 0.2) is 16.9 Å². The van der Waals surface area contributed by atoms with Crippen LogP contribution in [0.15, 0.2) is 106 Å². The molecule has 3 aliphatic heterocycles. The smallest absolute Gasteiger partial charge is 0.254 e. The van der Waals surface area contributed by atoms with Crippen molar-refractivity contribution in [2.75, 3.05) is 128 Å². The maximum Gasteiger partial charge on any atom is 0.254 e. The maximum absolute atomic E-state index is 12.9. The van der Waals surface area contributed by atoms with Gasteiger partial charge in [-0.2, -0.15) is 15.0 Å². The Morgan fingerprint density at radius 2 is 0.786 bits per heavy atom. The lowest BCUT2D eigenvalue weighted by Gasteiger charge is -2.32. The number of likely N-dealkylation sites (tertiary alicyclic amines) is 1. The second-order valence-corrected chi connectivity index (χ2v) is 26.2. The second-order valence-electron chi connectivity index (χ2n) is 26.2. The molecule has 3 aromatic carbocycles. The zero-order chi connectivity index (χ0) is 67.8. The molecule has 26 heteroatoms. The Bertz CT molecular complexity index is 4470. The van der Waals surface area contributed by atoms with Crippen molar-refractivity contribution in [3.05, 3.63) is 173 Å². The summed E-state index contributed by atoms with van der Waals surface area (Å²) in [6, 6.07) is 18.7. The van der Waals surface area contributed by atoms with Gasteiger partial charge >= 0.3 is 0 Å². The Hall–Kier alpha value is -9.86. The second kappa shape index (κ2) is 30.3. The largest absolute Gasteiger partial charge is 0.379 e. The molecule has 9 heterocycles. The molecule has 26 nitrogen and oxygen atoms in total. The highest BCUT2D eigenvalue weighted by molar-refractivity contribution is 5.98. The van der Waals surface area contributed by atoms with Gasteiger partial charge in [-0.05, 0) is 174 Å². The molecule has 0 saturated carbocycles. The fourth-order valence-electron chi connectivity index (χ4n) is 14.1. The number of hydrogen-bond donors (Lipinski definition) is 6. The van der Waals surface area contributed by atoms with E-state index in [9.17, 15) is 28.8 Å². The third kappa shape index (κ3) is 15.1. The van der Waals surface area contributed by atoms with Crippen molar-refractivity contribution in [3.63, 3.8) is 0 Å². The minimum Gasteiger partial charge on any atom is -0.379 e. The van der Waals surface area contributed by atoms with Crippen molar-refractivity contribution in [2.45, 2.75) is 83.5 Å². The monoisotopic (exact) mass is 1330 g/mol. The van der Waals surface area contributed by atoms with Crippen molar-refractivity contribution in [1.29, 1.82) is 0 Å². The molecule has 9 aromatic rings. The highest BCUT2D eigenvalue weighted by Gasteiger charge is 2.24. The zero-order valence-electron chi connectivity index (χ0n) is 55.6. The van der Waals surface area contributed by atoms with Crippen molar-refractivity contribution >= 4 is 68.7 Å². The molecule has 0 unspecified atom stereocenters. The number of carbonyl (C=O) groups is 3. The Kier molecular flexibility index (Phi) is 20.6. The highest BCUT2D eigenvalue weighted by atomic mass is 16.5. The third-order valence-corrected chi connectivity index (χ3v) is 19.6. The number of fused-ring (bicyclic) bond motifs is 6. The van der Waals surface area contributed by atoms with Crippen LogP contribution in [0.5, 0.6) is 0 Å². The fourth-order valence-corrected chi connectivity index (χ4v) is 14.1. The molecule has 3 amide bonds. The van der Waals surface area contributed by atoms with E-state index in [1.165, 1.54) is 89.8 Å². The summed E-state index contributed by atoms with van der Waals surface area (Å²) in [6.45, 7) is 14.9. The van der Waals surface area contributed by atoms with Gasteiger partial charge in [0.1, 0.15) is 16.7 Å². The van der Waals surface area contributed by atoms with E-state index in [1.807, 2.05) is 18.2 Å². The molecule has 0 atom stereocenters. The number of piperidine rings is 1. The lowest BCUT2D eigenvalue weighted by atomic mass is 10.1. The molecule has 0 bridgehead atoms. The predicted octanol–water partition coefficient (Wildman–Crippen LogP) is 4.80. The SMILES string of the molecule is CN1CCN(CCCNc2ncc3c(=O)c(C(N)=O)cn(-c4ccc5c(c4)CCC5)c3n2)CC1.NC(=O)c1cn(-c2ccc3c(c2)CCC3)c2nc(NCCN3CCCCC3)ncc2c1=O.NC(=O)c1cn(-c2ccc3c(c2)CCC3)c2nc(NCCN3CCOCC3)ncc2c1=O. The first kappa shape index (κ1) is 66.7. The summed E-state index contributed by atoms with van der Waals surface area (Å²) in [5, 5.41) is 10.7. The number of nitrogens with zero attached hydrogens (tertiary/aromatic N) is 13. The molecule has 3 saturated heterocycles. The van der Waals surface area contributed by atoms with E-state index in [2.05, 4.69) is 109 Å². The van der Waals surface area contributed by atoms with Gasteiger partial charge in [0.2, 0.25) is 34.1 Å². The number of morpholine rings is 1. The number of primary amides is 3. The van der Waals surface area contributed by atoms with Crippen LogP contribution >= 0.6 is 0 Å². The molecule has 3 fully saturated rings. The molecule has 510 valence electrons. The van der Waals surface area contributed by atoms with Gasteiger partial charge in [-0.1, -0.05) is 24.6 Å². The number of aromatic nitrogens is 9. The van der Waals surface area contributed by atoms with E-state index in [4.69, 9.17) is 21.9 Å². The number of carbonyl (C=O) groups excluding carboxylic acids is 3. The number of piperazine rings is 1. The van der Waals surface area contributed by atoms with Crippen molar-refractivity contribution in [2.24, 2.45) is 17.2 Å². The summed E-state index contributed by atoms with van der Waals surface area (Å²) in [5.74, 6) is -0.905. The van der Waals surface area contributed by atoms with Crippen LogP contribution < -0.4 is 49.4 Å². The van der Waals surface area contributed by atoms with Gasteiger partial charge in [0.25, 0.3) is 17.7 Å². The van der Waals surface area contributed by atoms with E-state index >= 15 is 0 Å². The highest BCUT2D eigenvalue weighted by Crippen LogP contribution is 2.30. The van der Waals surface area contributed by atoms with E-state index in [0.29, 0.717) is 41.3 Å². The van der Waals surface area contributed by atoms with E-state index < -0.39 is 34.0 Å². The minimum atomic E-state index is -0.764. The number of benzene rings is 3. The number of anilines is 3. The van der Waals surface area contributed by atoms with Crippen LogP contribution in [0, 0.1) is 0 Å². The summed E-state index contributed by atoms with van der Waals surface area (Å²) in [6.07, 6.45) is 23.5. The van der Waals surface area contributed by atoms with Crippen LogP contribution in [0.3, 0.4) is 0 Å². The number of rotatable bonds is 19. The van der Waals surface area contributed by atoms with Gasteiger partial charge in [-0.3, -0.25) is 33.7 Å². The number of likely N-dealkylation sites (N-methyl/N-ethyl adjacent to an activating group) is 1. The number of nitrogens with two attached hydrogens (primary N) is 3. The molecule has 0 spiro atoms. The molecular weight excluding hydrogens is 1240 g/mol. The first-order valence-electron chi connectivity index (χ1n) is 34.4. The molecule has 0 radical (unpaired) electrons. The first-order chi connectivity index (χ1) is 47.7. The van der Waals surface area contributed by atoms with Crippen LogP contribution in [0.1, 0.15) is 109 Å². The standard InChI is InChI=1S/C25H31N7O2.C24H28N6O2.C23H26N6O3/c1-30-10-12-31(13-11-30)9-3-8-27-25-28-15-20-22(33)21(23(26)34)16-32(24(20)29-25)19-7-6-17-4-2-5-18(17)14-19;25-22(32)20-15-30(18-8-7-16-5-4-6-17(16)13-18)23-19(21(20)31)14-27-24(28-23)26-9-12-29-10-2-1-3-11-29;24-21(31)19-14-29(17-5-4-15-2-1-3-16(15)12-17)22-18(20(19)30)13-26-23(27-22)25-6-7-28-8-10-32-11-9-28/h6-7,14-16H,2-5,8-13H2,1H3,(H2,26,34)(H,27,28,29);7-8,13-15H,1-6,9-12H2,(H2,25,32)(H,26,27,28);4-5,12-14H,1-3,6-11H2,(H2,24,31)(H,25,26,27). The molecule has 9 N–H and O–H groups in total. The number of hydrogen-bond acceptors (Lipinski definition) is 20.